The maximum atomic E-state index is 15.4. The molecular formula is C19H17F2N5O4S. The Bertz CT molecular complexity index is 1100. The second-order valence-electron chi connectivity index (χ2n) is 7.94. The van der Waals surface area contributed by atoms with E-state index in [9.17, 15) is 14.4 Å². The van der Waals surface area contributed by atoms with E-state index in [-0.39, 0.29) is 40.9 Å². The molecule has 5 rings (SSSR count). The van der Waals surface area contributed by atoms with Crippen molar-refractivity contribution in [1.29, 1.82) is 0 Å². The van der Waals surface area contributed by atoms with Crippen LogP contribution in [-0.4, -0.2) is 52.0 Å². The van der Waals surface area contributed by atoms with Gasteiger partial charge in [0.25, 0.3) is 0 Å². The Hall–Kier alpha value is -2.99. The Morgan fingerprint density at radius 3 is 2.55 bits per heavy atom. The average molecular weight is 449 g/mol. The zero-order chi connectivity index (χ0) is 22.1. The summed E-state index contributed by atoms with van der Waals surface area (Å²) < 4.78 is 40.1. The number of anilines is 1. The monoisotopic (exact) mass is 449 g/mol. The first-order valence-electron chi connectivity index (χ1n) is 9.61. The van der Waals surface area contributed by atoms with Crippen molar-refractivity contribution in [1.82, 2.24) is 20.0 Å². The van der Waals surface area contributed by atoms with E-state index in [0.717, 1.165) is 11.5 Å². The molecule has 2 fully saturated rings. The topological polar surface area (TPSA) is 114 Å². The summed E-state index contributed by atoms with van der Waals surface area (Å²) in [4.78, 5) is 43.4. The molecule has 3 atom stereocenters. The molecule has 0 aliphatic carbocycles. The van der Waals surface area contributed by atoms with E-state index in [0.29, 0.717) is 0 Å². The maximum absolute atomic E-state index is 15.4. The molecule has 2 saturated heterocycles. The predicted octanol–water partition coefficient (Wildman–Crippen LogP) is 1.37. The molecule has 2 aromatic rings. The van der Waals surface area contributed by atoms with Crippen LogP contribution in [0.3, 0.4) is 0 Å². The number of imide groups is 2. The molecule has 12 heteroatoms. The van der Waals surface area contributed by atoms with Crippen molar-refractivity contribution in [2.45, 2.75) is 38.5 Å². The van der Waals surface area contributed by atoms with Crippen LogP contribution in [0.4, 0.5) is 19.3 Å². The van der Waals surface area contributed by atoms with Gasteiger partial charge in [-0.2, -0.15) is 4.37 Å². The third-order valence-corrected chi connectivity index (χ3v) is 6.76. The molecule has 4 heterocycles. The van der Waals surface area contributed by atoms with E-state index >= 15 is 8.78 Å². The summed E-state index contributed by atoms with van der Waals surface area (Å²) in [6.45, 7) is 3.57. The SMILES string of the molecule is C[C@H]1CN2c3c(cc(-c4ncns4)c(F)c3F)CC3(C(=O)NC(=O)NC3=O)C2[C@@H](C)O1. The number of nitrogens with one attached hydrogen (secondary N) is 2. The number of ether oxygens (including phenoxy) is 1. The number of benzene rings is 1. The van der Waals surface area contributed by atoms with Crippen molar-refractivity contribution in [3.8, 4) is 10.6 Å². The fourth-order valence-corrected chi connectivity index (χ4v) is 5.52. The number of amides is 4. The van der Waals surface area contributed by atoms with Crippen molar-refractivity contribution in [3.63, 3.8) is 0 Å². The minimum Gasteiger partial charge on any atom is -0.372 e. The van der Waals surface area contributed by atoms with Crippen LogP contribution in [-0.2, 0) is 20.7 Å². The molecule has 1 spiro atoms. The molecule has 4 amide bonds. The summed E-state index contributed by atoms with van der Waals surface area (Å²) in [5, 5.41) is 4.48. The molecule has 162 valence electrons. The Balaban J connectivity index is 1.76. The lowest BCUT2D eigenvalue weighted by atomic mass is 9.66. The van der Waals surface area contributed by atoms with Crippen LogP contribution in [0, 0.1) is 17.0 Å². The second kappa shape index (κ2) is 6.76. The van der Waals surface area contributed by atoms with Crippen LogP contribution < -0.4 is 15.5 Å². The quantitative estimate of drug-likeness (QED) is 0.633. The third kappa shape index (κ3) is 2.71. The van der Waals surface area contributed by atoms with Gasteiger partial charge in [0, 0.05) is 13.0 Å². The van der Waals surface area contributed by atoms with Gasteiger partial charge in [-0.25, -0.2) is 18.6 Å². The highest BCUT2D eigenvalue weighted by atomic mass is 32.1. The van der Waals surface area contributed by atoms with Crippen LogP contribution >= 0.6 is 11.5 Å². The number of hydrogen-bond acceptors (Lipinski definition) is 8. The van der Waals surface area contributed by atoms with Crippen LogP contribution in [0.2, 0.25) is 0 Å². The third-order valence-electron chi connectivity index (χ3n) is 6.06. The summed E-state index contributed by atoms with van der Waals surface area (Å²) in [5.41, 5.74) is -1.61. The standard InChI is InChI=1S/C19H17F2N5O4S/c1-7-5-26-13-9(3-10(11(20)12(13)21)15-22-6-23-31-15)4-19(14(26)8(2)30-7)16(27)24-18(29)25-17(19)28/h3,6-8,14H,4-5H2,1-2H3,(H2,24,25,27,28,29)/t7-,8+,14?/m0/s1. The first-order chi connectivity index (χ1) is 14.7. The van der Waals surface area contributed by atoms with Gasteiger partial charge in [0.15, 0.2) is 17.0 Å². The van der Waals surface area contributed by atoms with Crippen LogP contribution in [0.15, 0.2) is 12.4 Å². The van der Waals surface area contributed by atoms with Gasteiger partial charge in [-0.3, -0.25) is 20.2 Å². The molecular weight excluding hydrogens is 432 g/mol. The smallest absolute Gasteiger partial charge is 0.328 e. The second-order valence-corrected chi connectivity index (χ2v) is 8.72. The number of carbonyl (C=O) groups is 3. The number of barbiturate groups is 1. The number of fused-ring (bicyclic) bond motifs is 4. The molecule has 0 radical (unpaired) electrons. The summed E-state index contributed by atoms with van der Waals surface area (Å²) in [7, 11) is 0. The molecule has 3 aliphatic heterocycles. The lowest BCUT2D eigenvalue weighted by Gasteiger charge is -2.55. The van der Waals surface area contributed by atoms with E-state index in [4.69, 9.17) is 4.74 Å². The van der Waals surface area contributed by atoms with Gasteiger partial charge in [-0.05, 0) is 37.0 Å². The molecule has 2 N–H and O–H groups in total. The Labute approximate surface area is 178 Å². The largest absolute Gasteiger partial charge is 0.372 e. The van der Waals surface area contributed by atoms with E-state index < -0.39 is 47.0 Å². The summed E-state index contributed by atoms with van der Waals surface area (Å²) in [6.07, 6.45) is -0.0462. The first kappa shape index (κ1) is 19.9. The van der Waals surface area contributed by atoms with Gasteiger partial charge in [0.1, 0.15) is 11.3 Å². The number of nitrogens with zero attached hydrogens (tertiary/aromatic N) is 3. The van der Waals surface area contributed by atoms with E-state index in [1.165, 1.54) is 17.3 Å². The van der Waals surface area contributed by atoms with Crippen molar-refractivity contribution in [2.75, 3.05) is 11.4 Å². The summed E-state index contributed by atoms with van der Waals surface area (Å²) in [6, 6.07) is -0.463. The van der Waals surface area contributed by atoms with Crippen molar-refractivity contribution in [2.24, 2.45) is 5.41 Å². The Kier molecular flexibility index (Phi) is 4.35. The highest BCUT2D eigenvalue weighted by Gasteiger charge is 2.63. The molecule has 3 aliphatic rings. The van der Waals surface area contributed by atoms with Gasteiger partial charge in [0.2, 0.25) is 11.8 Å². The summed E-state index contributed by atoms with van der Waals surface area (Å²) in [5.74, 6) is -3.76. The maximum Gasteiger partial charge on any atom is 0.328 e. The zero-order valence-electron chi connectivity index (χ0n) is 16.4. The van der Waals surface area contributed by atoms with E-state index in [2.05, 4.69) is 20.0 Å². The number of hydrogen-bond donors (Lipinski definition) is 2. The number of carbonyl (C=O) groups excluding carboxylic acids is 3. The van der Waals surface area contributed by atoms with Crippen molar-refractivity contribution >= 4 is 35.1 Å². The van der Waals surface area contributed by atoms with Gasteiger partial charge >= 0.3 is 6.03 Å². The zero-order valence-corrected chi connectivity index (χ0v) is 17.3. The van der Waals surface area contributed by atoms with E-state index in [1.807, 2.05) is 0 Å². The molecule has 31 heavy (non-hydrogen) atoms. The predicted molar refractivity (Wildman–Crippen MR) is 104 cm³/mol. The number of halogens is 2. The lowest BCUT2D eigenvalue weighted by Crippen LogP contribution is -2.75. The minimum atomic E-state index is -1.76. The molecule has 1 aromatic heterocycles. The fraction of sp³-hybridized carbons (Fsp3) is 0.421. The molecule has 1 aromatic carbocycles. The van der Waals surface area contributed by atoms with Crippen LogP contribution in [0.25, 0.3) is 10.6 Å². The van der Waals surface area contributed by atoms with Gasteiger partial charge in [-0.1, -0.05) is 0 Å². The number of urea groups is 1. The van der Waals surface area contributed by atoms with Gasteiger partial charge in [0.05, 0.1) is 29.5 Å². The van der Waals surface area contributed by atoms with Gasteiger partial charge < -0.3 is 9.64 Å². The fourth-order valence-electron chi connectivity index (χ4n) is 4.98. The van der Waals surface area contributed by atoms with E-state index in [1.54, 1.807) is 13.8 Å². The first-order valence-corrected chi connectivity index (χ1v) is 10.4. The molecule has 9 nitrogen and oxygen atoms in total. The van der Waals surface area contributed by atoms with Gasteiger partial charge in [-0.15, -0.1) is 0 Å². The normalized spacial score (nSPS) is 26.9. The molecule has 0 bridgehead atoms. The van der Waals surface area contributed by atoms with Crippen molar-refractivity contribution in [3.05, 3.63) is 29.6 Å². The lowest BCUT2D eigenvalue weighted by molar-refractivity contribution is -0.153. The number of morpholine rings is 1. The Morgan fingerprint density at radius 2 is 1.90 bits per heavy atom. The highest BCUT2D eigenvalue weighted by molar-refractivity contribution is 7.09. The Morgan fingerprint density at radius 1 is 1.19 bits per heavy atom. The number of rotatable bonds is 1. The average Bonchev–Trinajstić information content (AvgIpc) is 3.22. The highest BCUT2D eigenvalue weighted by Crippen LogP contribution is 2.49. The van der Waals surface area contributed by atoms with Crippen LogP contribution in [0.5, 0.6) is 0 Å². The number of aromatic nitrogens is 2. The van der Waals surface area contributed by atoms with Crippen LogP contribution in [0.1, 0.15) is 19.4 Å². The molecule has 1 unspecified atom stereocenters. The molecule has 0 saturated carbocycles. The minimum absolute atomic E-state index is 0.0131. The summed E-state index contributed by atoms with van der Waals surface area (Å²) >= 11 is 0.897. The van der Waals surface area contributed by atoms with Crippen molar-refractivity contribution < 1.29 is 27.9 Å².